The fourth-order valence-electron chi connectivity index (χ4n) is 1.32. The van der Waals surface area contributed by atoms with E-state index in [1.54, 1.807) is 0 Å². The lowest BCUT2D eigenvalue weighted by Crippen LogP contribution is -2.39. The van der Waals surface area contributed by atoms with Crippen molar-refractivity contribution in [3.05, 3.63) is 0 Å². The maximum Gasteiger partial charge on any atom is 0.217 e. The molecule has 4 nitrogen and oxygen atoms in total. The van der Waals surface area contributed by atoms with Crippen LogP contribution in [0.3, 0.4) is 0 Å². The molecule has 0 unspecified atom stereocenters. The average molecular weight is 200 g/mol. The molecule has 14 heavy (non-hydrogen) atoms. The van der Waals surface area contributed by atoms with Gasteiger partial charge in [0.05, 0.1) is 6.04 Å². The first-order valence-corrected chi connectivity index (χ1v) is 4.84. The van der Waals surface area contributed by atoms with Crippen molar-refractivity contribution in [1.82, 2.24) is 4.90 Å². The van der Waals surface area contributed by atoms with E-state index < -0.39 is 0 Å². The van der Waals surface area contributed by atoms with Crippen LogP contribution in [0.5, 0.6) is 0 Å². The third-order valence-corrected chi connectivity index (χ3v) is 2.18. The van der Waals surface area contributed by atoms with E-state index in [4.69, 9.17) is 5.73 Å². The zero-order valence-corrected chi connectivity index (χ0v) is 9.41. The van der Waals surface area contributed by atoms with E-state index in [9.17, 15) is 9.59 Å². The maximum atomic E-state index is 11.7. The summed E-state index contributed by atoms with van der Waals surface area (Å²) in [6.07, 6.45) is 0.778. The quantitative estimate of drug-likeness (QED) is 0.675. The van der Waals surface area contributed by atoms with Gasteiger partial charge in [-0.15, -0.1) is 0 Å². The lowest BCUT2D eigenvalue weighted by Gasteiger charge is -2.24. The normalized spacial score (nSPS) is 13.3. The van der Waals surface area contributed by atoms with E-state index in [0.29, 0.717) is 6.42 Å². The largest absolute Gasteiger partial charge is 0.370 e. The van der Waals surface area contributed by atoms with Crippen LogP contribution >= 0.6 is 0 Å². The zero-order chi connectivity index (χ0) is 11.3. The predicted molar refractivity (Wildman–Crippen MR) is 55.7 cm³/mol. The van der Waals surface area contributed by atoms with Crippen LogP contribution < -0.4 is 5.73 Å². The van der Waals surface area contributed by atoms with Gasteiger partial charge in [-0.1, -0.05) is 13.8 Å². The number of hydrogen-bond donors (Lipinski definition) is 1. The van der Waals surface area contributed by atoms with E-state index in [1.807, 2.05) is 32.8 Å². The van der Waals surface area contributed by atoms with E-state index >= 15 is 0 Å². The van der Waals surface area contributed by atoms with Gasteiger partial charge in [-0.05, 0) is 20.5 Å². The molecular formula is C10H20N2O2. The Bertz CT molecular complexity index is 212. The molecule has 0 aromatic carbocycles. The summed E-state index contributed by atoms with van der Waals surface area (Å²) in [7, 11) is 3.68. The minimum atomic E-state index is -0.353. The van der Waals surface area contributed by atoms with Crippen molar-refractivity contribution in [1.29, 1.82) is 0 Å². The van der Waals surface area contributed by atoms with Crippen molar-refractivity contribution < 1.29 is 9.59 Å². The van der Waals surface area contributed by atoms with Gasteiger partial charge in [0, 0.05) is 12.3 Å². The van der Waals surface area contributed by atoms with Gasteiger partial charge in [-0.25, -0.2) is 0 Å². The van der Waals surface area contributed by atoms with Crippen LogP contribution in [0.2, 0.25) is 0 Å². The highest BCUT2D eigenvalue weighted by atomic mass is 16.1. The molecule has 1 atom stereocenters. The molecule has 0 aliphatic rings. The van der Waals surface area contributed by atoms with E-state index in [2.05, 4.69) is 0 Å². The molecule has 0 aromatic rings. The van der Waals surface area contributed by atoms with Gasteiger partial charge in [0.2, 0.25) is 5.91 Å². The summed E-state index contributed by atoms with van der Waals surface area (Å²) in [6.45, 7) is 3.73. The van der Waals surface area contributed by atoms with E-state index in [1.165, 1.54) is 0 Å². The number of Topliss-reactive ketones (excluding diaryl/α,β-unsaturated/α-hetero) is 1. The standard InChI is InChI=1S/C10H20N2O2/c1-7(2)10(14)8(12(3)4)5-6-9(11)13/h7-8H,5-6H2,1-4H3,(H2,11,13)/t8-/m0/s1. The molecule has 0 saturated heterocycles. The van der Waals surface area contributed by atoms with Crippen LogP contribution in [0.4, 0.5) is 0 Å². The molecule has 0 rings (SSSR count). The molecule has 0 fully saturated rings. The van der Waals surface area contributed by atoms with Crippen LogP contribution in [0, 0.1) is 5.92 Å². The summed E-state index contributed by atoms with van der Waals surface area (Å²) < 4.78 is 0. The Balaban J connectivity index is 4.29. The van der Waals surface area contributed by atoms with Gasteiger partial charge in [0.15, 0.2) is 5.78 Å². The second-order valence-electron chi connectivity index (χ2n) is 4.04. The first-order chi connectivity index (χ1) is 6.36. The molecule has 0 spiro atoms. The minimum Gasteiger partial charge on any atom is -0.370 e. The number of ketones is 1. The molecule has 0 radical (unpaired) electrons. The Labute approximate surface area is 85.4 Å². The molecule has 0 bridgehead atoms. The predicted octanol–water partition coefficient (Wildman–Crippen LogP) is 0.407. The van der Waals surface area contributed by atoms with Crippen LogP contribution in [0.15, 0.2) is 0 Å². The number of primary amides is 1. The summed E-state index contributed by atoms with van der Waals surface area (Å²) >= 11 is 0. The maximum absolute atomic E-state index is 11.7. The number of carbonyl (C=O) groups excluding carboxylic acids is 2. The number of carbonyl (C=O) groups is 2. The lowest BCUT2D eigenvalue weighted by atomic mass is 9.97. The zero-order valence-electron chi connectivity index (χ0n) is 9.41. The van der Waals surface area contributed by atoms with Crippen molar-refractivity contribution in [2.45, 2.75) is 32.7 Å². The minimum absolute atomic E-state index is 0.00437. The van der Waals surface area contributed by atoms with Crippen molar-refractivity contribution in [3.8, 4) is 0 Å². The number of likely N-dealkylation sites (N-methyl/N-ethyl adjacent to an activating group) is 1. The molecular weight excluding hydrogens is 180 g/mol. The van der Waals surface area contributed by atoms with Crippen molar-refractivity contribution in [2.75, 3.05) is 14.1 Å². The Hall–Kier alpha value is -0.900. The SMILES string of the molecule is CC(C)C(=O)[C@H](CCC(N)=O)N(C)C. The Morgan fingerprint density at radius 1 is 1.29 bits per heavy atom. The third kappa shape index (κ3) is 4.37. The molecule has 0 aliphatic heterocycles. The lowest BCUT2D eigenvalue weighted by molar-refractivity contribution is -0.127. The first-order valence-electron chi connectivity index (χ1n) is 4.84. The fraction of sp³-hybridized carbons (Fsp3) is 0.800. The van der Waals surface area contributed by atoms with Gasteiger partial charge in [-0.2, -0.15) is 0 Å². The summed E-state index contributed by atoms with van der Waals surface area (Å²) in [5.74, 6) is -0.195. The van der Waals surface area contributed by atoms with E-state index in [-0.39, 0.29) is 30.1 Å². The first kappa shape index (κ1) is 13.1. The Morgan fingerprint density at radius 3 is 2.07 bits per heavy atom. The highest BCUT2D eigenvalue weighted by Crippen LogP contribution is 2.10. The number of hydrogen-bond acceptors (Lipinski definition) is 3. The molecule has 2 N–H and O–H groups in total. The second-order valence-corrected chi connectivity index (χ2v) is 4.04. The molecule has 4 heteroatoms. The number of nitrogens with zero attached hydrogens (tertiary/aromatic N) is 1. The highest BCUT2D eigenvalue weighted by Gasteiger charge is 2.23. The highest BCUT2D eigenvalue weighted by molar-refractivity contribution is 5.86. The topological polar surface area (TPSA) is 63.4 Å². The van der Waals surface area contributed by atoms with Crippen LogP contribution in [0.25, 0.3) is 0 Å². The number of rotatable bonds is 6. The summed E-state index contributed by atoms with van der Waals surface area (Å²) in [6, 6.07) is -0.192. The van der Waals surface area contributed by atoms with Gasteiger partial charge >= 0.3 is 0 Å². The summed E-state index contributed by atoms with van der Waals surface area (Å²) in [5.41, 5.74) is 5.05. The summed E-state index contributed by atoms with van der Waals surface area (Å²) in [5, 5.41) is 0. The second kappa shape index (κ2) is 5.75. The van der Waals surface area contributed by atoms with Gasteiger partial charge in [0.25, 0.3) is 0 Å². The number of amides is 1. The molecule has 82 valence electrons. The van der Waals surface area contributed by atoms with Crippen molar-refractivity contribution in [2.24, 2.45) is 11.7 Å². The third-order valence-electron chi connectivity index (χ3n) is 2.18. The molecule has 0 aliphatic carbocycles. The molecule has 0 heterocycles. The monoisotopic (exact) mass is 200 g/mol. The van der Waals surface area contributed by atoms with Crippen LogP contribution in [-0.4, -0.2) is 36.7 Å². The smallest absolute Gasteiger partial charge is 0.217 e. The molecule has 0 saturated carbocycles. The van der Waals surface area contributed by atoms with Gasteiger partial charge < -0.3 is 5.73 Å². The van der Waals surface area contributed by atoms with Crippen LogP contribution in [0.1, 0.15) is 26.7 Å². The van der Waals surface area contributed by atoms with Crippen molar-refractivity contribution in [3.63, 3.8) is 0 Å². The summed E-state index contributed by atoms with van der Waals surface area (Å²) in [4.78, 5) is 24.2. The number of nitrogens with two attached hydrogens (primary N) is 1. The Kier molecular flexibility index (Phi) is 5.38. The molecule has 0 aromatic heterocycles. The van der Waals surface area contributed by atoms with Gasteiger partial charge in [0.1, 0.15) is 0 Å². The average Bonchev–Trinajstić information content (AvgIpc) is 2.02. The van der Waals surface area contributed by atoms with Crippen molar-refractivity contribution >= 4 is 11.7 Å². The molecule has 1 amide bonds. The van der Waals surface area contributed by atoms with Gasteiger partial charge in [-0.3, -0.25) is 14.5 Å². The Morgan fingerprint density at radius 2 is 1.79 bits per heavy atom. The van der Waals surface area contributed by atoms with Crippen LogP contribution in [-0.2, 0) is 9.59 Å². The van der Waals surface area contributed by atoms with E-state index in [0.717, 1.165) is 0 Å². The fourth-order valence-corrected chi connectivity index (χ4v) is 1.32.